The maximum Gasteiger partial charge on any atom is 0.227 e. The van der Waals surface area contributed by atoms with Gasteiger partial charge in [0.1, 0.15) is 11.0 Å². The van der Waals surface area contributed by atoms with E-state index in [1.165, 1.54) is 0 Å². The number of benzene rings is 1. The minimum Gasteiger partial charge on any atom is -0.328 e. The molecule has 1 fully saturated rings. The van der Waals surface area contributed by atoms with Gasteiger partial charge in [0.25, 0.3) is 0 Å². The number of hydrogen-bond donors (Lipinski definition) is 2. The maximum atomic E-state index is 12.2. The summed E-state index contributed by atoms with van der Waals surface area (Å²) in [4.78, 5) is 12.2. The average Bonchev–Trinajstić information content (AvgIpc) is 3.01. The number of rotatable bonds is 2. The van der Waals surface area contributed by atoms with Crippen LogP contribution in [0.4, 0.5) is 5.69 Å². The second kappa shape index (κ2) is 5.03. The van der Waals surface area contributed by atoms with Crippen LogP contribution in [0.2, 0.25) is 5.02 Å². The zero-order valence-electron chi connectivity index (χ0n) is 10.1. The number of nitrogens with zero attached hydrogens (tertiary/aromatic N) is 2. The number of amides is 1. The van der Waals surface area contributed by atoms with Crippen LogP contribution in [0.1, 0.15) is 19.3 Å². The quantitative estimate of drug-likeness (QED) is 0.892. The molecule has 1 aromatic carbocycles. The highest BCUT2D eigenvalue weighted by atomic mass is 35.5. The fourth-order valence-corrected chi connectivity index (χ4v) is 3.17. The van der Waals surface area contributed by atoms with E-state index in [-0.39, 0.29) is 17.9 Å². The minimum absolute atomic E-state index is 0.0321. The predicted octanol–water partition coefficient (Wildman–Crippen LogP) is 2.41. The summed E-state index contributed by atoms with van der Waals surface area (Å²) in [5.41, 5.74) is 7.78. The van der Waals surface area contributed by atoms with Crippen molar-refractivity contribution in [3.05, 3.63) is 17.2 Å². The first-order valence-electron chi connectivity index (χ1n) is 6.12. The summed E-state index contributed by atoms with van der Waals surface area (Å²) in [6.45, 7) is 0. The van der Waals surface area contributed by atoms with E-state index in [9.17, 15) is 4.79 Å². The largest absolute Gasteiger partial charge is 0.328 e. The number of halogens is 1. The number of nitrogens with two attached hydrogens (primary N) is 1. The Morgan fingerprint density at radius 2 is 2.26 bits per heavy atom. The summed E-state index contributed by atoms with van der Waals surface area (Å²) in [5, 5.41) is 3.36. The van der Waals surface area contributed by atoms with Crippen LogP contribution in [0.3, 0.4) is 0 Å². The Labute approximate surface area is 119 Å². The molecule has 0 saturated heterocycles. The van der Waals surface area contributed by atoms with Crippen molar-refractivity contribution in [2.45, 2.75) is 25.3 Å². The van der Waals surface area contributed by atoms with Crippen LogP contribution in [-0.4, -0.2) is 20.7 Å². The molecule has 0 aliphatic heterocycles. The molecule has 1 saturated carbocycles. The lowest BCUT2D eigenvalue weighted by Crippen LogP contribution is -2.23. The van der Waals surface area contributed by atoms with E-state index in [1.807, 2.05) is 0 Å². The van der Waals surface area contributed by atoms with E-state index >= 15 is 0 Å². The van der Waals surface area contributed by atoms with Gasteiger partial charge in [-0.25, -0.2) is 0 Å². The second-order valence-electron chi connectivity index (χ2n) is 4.81. The molecule has 1 heterocycles. The highest BCUT2D eigenvalue weighted by Gasteiger charge is 2.28. The van der Waals surface area contributed by atoms with Crippen LogP contribution in [0.15, 0.2) is 12.1 Å². The second-order valence-corrected chi connectivity index (χ2v) is 5.75. The molecule has 2 unspecified atom stereocenters. The maximum absolute atomic E-state index is 12.2. The molecule has 100 valence electrons. The Morgan fingerprint density at radius 3 is 3.00 bits per heavy atom. The fraction of sp³-hybridized carbons (Fsp3) is 0.417. The van der Waals surface area contributed by atoms with Crippen LogP contribution in [0.25, 0.3) is 11.0 Å². The molecule has 3 rings (SSSR count). The van der Waals surface area contributed by atoms with Gasteiger partial charge in [-0.2, -0.15) is 8.75 Å². The van der Waals surface area contributed by atoms with E-state index in [2.05, 4.69) is 14.1 Å². The van der Waals surface area contributed by atoms with Gasteiger partial charge in [-0.05, 0) is 31.4 Å². The lowest BCUT2D eigenvalue weighted by molar-refractivity contribution is -0.119. The SMILES string of the molecule is NC1CCC(C(=O)Nc2c(Cl)ccc3nsnc23)C1. The molecule has 1 aromatic heterocycles. The molecular weight excluding hydrogens is 284 g/mol. The number of carbonyl (C=O) groups excluding carboxylic acids is 1. The third-order valence-corrected chi connectivity index (χ3v) is 4.33. The van der Waals surface area contributed by atoms with Gasteiger partial charge in [-0.1, -0.05) is 11.6 Å². The van der Waals surface area contributed by atoms with Gasteiger partial charge in [0, 0.05) is 12.0 Å². The van der Waals surface area contributed by atoms with Crippen molar-refractivity contribution in [3.8, 4) is 0 Å². The van der Waals surface area contributed by atoms with Crippen molar-refractivity contribution in [2.24, 2.45) is 11.7 Å². The summed E-state index contributed by atoms with van der Waals surface area (Å²) in [6, 6.07) is 3.65. The molecule has 2 aromatic rings. The normalized spacial score (nSPS) is 22.8. The number of hydrogen-bond acceptors (Lipinski definition) is 5. The molecule has 0 radical (unpaired) electrons. The van der Waals surface area contributed by atoms with E-state index in [4.69, 9.17) is 17.3 Å². The van der Waals surface area contributed by atoms with Crippen molar-refractivity contribution in [2.75, 3.05) is 5.32 Å². The molecule has 1 amide bonds. The molecule has 7 heteroatoms. The van der Waals surface area contributed by atoms with Crippen molar-refractivity contribution < 1.29 is 4.79 Å². The minimum atomic E-state index is -0.0343. The summed E-state index contributed by atoms with van der Waals surface area (Å²) < 4.78 is 8.32. The molecule has 19 heavy (non-hydrogen) atoms. The number of anilines is 1. The van der Waals surface area contributed by atoms with E-state index in [0.717, 1.165) is 36.5 Å². The number of aromatic nitrogens is 2. The Hall–Kier alpha value is -1.24. The van der Waals surface area contributed by atoms with Gasteiger partial charge in [0.05, 0.1) is 22.4 Å². The van der Waals surface area contributed by atoms with Crippen LogP contribution >= 0.6 is 23.3 Å². The molecule has 1 aliphatic carbocycles. The van der Waals surface area contributed by atoms with Crippen molar-refractivity contribution in [1.29, 1.82) is 0 Å². The Bertz CT molecular complexity index is 629. The molecule has 1 aliphatic rings. The zero-order valence-corrected chi connectivity index (χ0v) is 11.7. The molecule has 0 spiro atoms. The Morgan fingerprint density at radius 1 is 1.42 bits per heavy atom. The van der Waals surface area contributed by atoms with Gasteiger partial charge in [0.15, 0.2) is 0 Å². The van der Waals surface area contributed by atoms with E-state index in [0.29, 0.717) is 16.2 Å². The smallest absolute Gasteiger partial charge is 0.227 e. The number of fused-ring (bicyclic) bond motifs is 1. The molecular formula is C12H13ClN4OS. The topological polar surface area (TPSA) is 80.9 Å². The number of nitrogens with one attached hydrogen (secondary N) is 1. The van der Waals surface area contributed by atoms with Gasteiger partial charge in [-0.3, -0.25) is 4.79 Å². The average molecular weight is 297 g/mol. The third-order valence-electron chi connectivity index (χ3n) is 3.47. The highest BCUT2D eigenvalue weighted by Crippen LogP contribution is 2.32. The number of carbonyl (C=O) groups is 1. The first kappa shape index (κ1) is 12.8. The fourth-order valence-electron chi connectivity index (χ4n) is 2.43. The van der Waals surface area contributed by atoms with Crippen LogP contribution in [0, 0.1) is 5.92 Å². The first-order valence-corrected chi connectivity index (χ1v) is 7.23. The molecule has 2 atom stereocenters. The summed E-state index contributed by atoms with van der Waals surface area (Å²) in [6.07, 6.45) is 2.46. The van der Waals surface area contributed by atoms with Crippen LogP contribution in [-0.2, 0) is 4.79 Å². The highest BCUT2D eigenvalue weighted by molar-refractivity contribution is 7.00. The van der Waals surface area contributed by atoms with Crippen molar-refractivity contribution >= 4 is 46.0 Å². The van der Waals surface area contributed by atoms with Crippen LogP contribution < -0.4 is 11.1 Å². The summed E-state index contributed by atoms with van der Waals surface area (Å²) in [5.74, 6) is -0.0664. The van der Waals surface area contributed by atoms with Gasteiger partial charge >= 0.3 is 0 Å². The molecule has 5 nitrogen and oxygen atoms in total. The first-order chi connectivity index (χ1) is 9.15. The van der Waals surface area contributed by atoms with Crippen molar-refractivity contribution in [3.63, 3.8) is 0 Å². The van der Waals surface area contributed by atoms with Gasteiger partial charge in [0.2, 0.25) is 5.91 Å². The van der Waals surface area contributed by atoms with Gasteiger partial charge in [-0.15, -0.1) is 0 Å². The standard InChI is InChI=1S/C12H13ClN4OS/c13-8-3-4-9-11(17-19-16-9)10(8)15-12(18)6-1-2-7(14)5-6/h3-4,6-7H,1-2,5,14H2,(H,15,18). The molecule has 0 bridgehead atoms. The predicted molar refractivity (Wildman–Crippen MR) is 76.4 cm³/mol. The Kier molecular flexibility index (Phi) is 3.38. The monoisotopic (exact) mass is 296 g/mol. The van der Waals surface area contributed by atoms with Crippen molar-refractivity contribution in [1.82, 2.24) is 8.75 Å². The Balaban J connectivity index is 1.86. The van der Waals surface area contributed by atoms with Crippen LogP contribution in [0.5, 0.6) is 0 Å². The summed E-state index contributed by atoms with van der Waals surface area (Å²) in [7, 11) is 0. The van der Waals surface area contributed by atoms with E-state index < -0.39 is 0 Å². The molecule has 3 N–H and O–H groups in total. The van der Waals surface area contributed by atoms with E-state index in [1.54, 1.807) is 12.1 Å². The lowest BCUT2D eigenvalue weighted by Gasteiger charge is -2.12. The third kappa shape index (κ3) is 2.43. The zero-order chi connectivity index (χ0) is 13.4. The van der Waals surface area contributed by atoms with Gasteiger partial charge < -0.3 is 11.1 Å². The lowest BCUT2D eigenvalue weighted by atomic mass is 10.1. The summed E-state index contributed by atoms with van der Waals surface area (Å²) >= 11 is 7.24.